The number of alkyl carbamates (subject to hydrolysis) is 1. The molecule has 3 aliphatic carbocycles. The predicted octanol–water partition coefficient (Wildman–Crippen LogP) is 4.05. The summed E-state index contributed by atoms with van der Waals surface area (Å²) in [5.41, 5.74) is 2.16. The summed E-state index contributed by atoms with van der Waals surface area (Å²) in [6.45, 7) is 10.3. The molecule has 2 saturated heterocycles. The monoisotopic (exact) mass is 521 g/mol. The van der Waals surface area contributed by atoms with Crippen molar-refractivity contribution < 1.29 is 23.6 Å². The van der Waals surface area contributed by atoms with E-state index in [4.69, 9.17) is 19.3 Å². The van der Waals surface area contributed by atoms with Crippen LogP contribution in [0.15, 0.2) is 24.3 Å². The summed E-state index contributed by atoms with van der Waals surface area (Å²) in [7, 11) is -0.553. The van der Waals surface area contributed by atoms with Gasteiger partial charge in [-0.1, -0.05) is 43.7 Å². The van der Waals surface area contributed by atoms with Gasteiger partial charge in [-0.2, -0.15) is 5.26 Å². The lowest BCUT2D eigenvalue weighted by Crippen LogP contribution is -2.65. The maximum Gasteiger partial charge on any atom is 0.482 e. The number of likely N-dealkylation sites (tertiary alicyclic amines) is 1. The Morgan fingerprint density at radius 2 is 2.03 bits per heavy atom. The van der Waals surface area contributed by atoms with Gasteiger partial charge in [0.25, 0.3) is 0 Å². The van der Waals surface area contributed by atoms with E-state index in [-0.39, 0.29) is 42.0 Å². The van der Waals surface area contributed by atoms with Crippen LogP contribution in [-0.2, 0) is 25.3 Å². The van der Waals surface area contributed by atoms with E-state index in [0.717, 1.165) is 24.8 Å². The zero-order chi connectivity index (χ0) is 27.1. The van der Waals surface area contributed by atoms with Crippen LogP contribution in [-0.4, -0.2) is 61.4 Å². The molecule has 8 nitrogen and oxygen atoms in total. The molecular weight excluding hydrogens is 481 g/mol. The molecule has 2 amide bonds. The van der Waals surface area contributed by atoms with Crippen LogP contribution in [0.5, 0.6) is 0 Å². The number of carbonyl (C=O) groups excluding carboxylic acids is 2. The molecule has 0 aromatic heterocycles. The number of carbonyl (C=O) groups is 2. The standard InChI is InChI=1S/C29H40BN3O5/c1-19-7-9-20(10-8-19)14-25(30-37-24-16-22-15-23(28(22,2)3)29(24,4)38-30)32-27(35)36-18-21-6-5-13-33(17-21)26(34)11-12-31/h7-10,21-25H,5-6,11,13-18H2,1-4H3,(H,32,35)/t21?,22?,23?,24-,25?,29+/m1/s1. The molecule has 1 aromatic carbocycles. The van der Waals surface area contributed by atoms with Gasteiger partial charge in [-0.25, -0.2) is 4.79 Å². The molecule has 0 spiro atoms. The molecule has 2 heterocycles. The Balaban J connectivity index is 1.23. The lowest BCUT2D eigenvalue weighted by Gasteiger charge is -2.64. The second-order valence-electron chi connectivity index (χ2n) is 12.6. The van der Waals surface area contributed by atoms with Gasteiger partial charge in [0.2, 0.25) is 5.91 Å². The zero-order valence-corrected chi connectivity index (χ0v) is 23.1. The van der Waals surface area contributed by atoms with Crippen molar-refractivity contribution in [3.63, 3.8) is 0 Å². The van der Waals surface area contributed by atoms with Crippen LogP contribution in [0, 0.1) is 41.4 Å². The second-order valence-corrected chi connectivity index (χ2v) is 12.6. The Hall–Kier alpha value is -2.57. The molecule has 204 valence electrons. The lowest BCUT2D eigenvalue weighted by atomic mass is 9.43. The quantitative estimate of drug-likeness (QED) is 0.544. The number of amides is 2. The van der Waals surface area contributed by atoms with Crippen molar-refractivity contribution in [2.45, 2.75) is 83.9 Å². The Morgan fingerprint density at radius 1 is 1.26 bits per heavy atom. The summed E-state index contributed by atoms with van der Waals surface area (Å²) in [5, 5.41) is 11.9. The van der Waals surface area contributed by atoms with E-state index in [1.807, 2.05) is 6.07 Å². The van der Waals surface area contributed by atoms with E-state index in [2.05, 4.69) is 57.3 Å². The highest BCUT2D eigenvalue weighted by Crippen LogP contribution is 2.65. The summed E-state index contributed by atoms with van der Waals surface area (Å²) in [6.07, 6.45) is 3.86. The number of nitrogens with one attached hydrogen (secondary N) is 1. The van der Waals surface area contributed by atoms with E-state index < -0.39 is 19.2 Å². The topological polar surface area (TPSA) is 101 Å². The number of hydrogen-bond donors (Lipinski definition) is 1. The molecule has 1 N–H and O–H groups in total. The molecule has 38 heavy (non-hydrogen) atoms. The SMILES string of the molecule is Cc1ccc(CC(NC(=O)OCC2CCCN(C(=O)CC#N)C2)B2O[C@@H]3CC4CC(C4(C)C)[C@]3(C)O2)cc1. The molecule has 5 aliphatic rings. The first-order valence-corrected chi connectivity index (χ1v) is 14.1. The molecule has 4 unspecified atom stereocenters. The Labute approximate surface area is 226 Å². The normalized spacial score (nSPS) is 32.0. The number of hydrogen-bond acceptors (Lipinski definition) is 6. The Bertz CT molecular complexity index is 1090. The van der Waals surface area contributed by atoms with E-state index in [9.17, 15) is 9.59 Å². The second kappa shape index (κ2) is 10.5. The summed E-state index contributed by atoms with van der Waals surface area (Å²) >= 11 is 0. The van der Waals surface area contributed by atoms with Gasteiger partial charge in [-0.3, -0.25) is 4.79 Å². The van der Waals surface area contributed by atoms with Crippen molar-refractivity contribution in [3.8, 4) is 6.07 Å². The molecule has 2 aliphatic heterocycles. The predicted molar refractivity (Wildman–Crippen MR) is 143 cm³/mol. The minimum absolute atomic E-state index is 0.0294. The number of ether oxygens (including phenoxy) is 1. The fourth-order valence-electron chi connectivity index (χ4n) is 7.26. The highest BCUT2D eigenvalue weighted by atomic mass is 16.7. The number of nitrogens with zero attached hydrogens (tertiary/aromatic N) is 2. The molecule has 1 aromatic rings. The van der Waals surface area contributed by atoms with Crippen molar-refractivity contribution in [1.29, 1.82) is 5.26 Å². The highest BCUT2D eigenvalue weighted by Gasteiger charge is 2.68. The van der Waals surface area contributed by atoms with Crippen molar-refractivity contribution in [1.82, 2.24) is 10.2 Å². The van der Waals surface area contributed by atoms with Crippen LogP contribution in [0.4, 0.5) is 4.79 Å². The number of benzene rings is 1. The van der Waals surface area contributed by atoms with Crippen molar-refractivity contribution in [2.24, 2.45) is 23.2 Å². The average Bonchev–Trinajstić information content (AvgIpc) is 3.26. The Morgan fingerprint density at radius 3 is 2.74 bits per heavy atom. The summed E-state index contributed by atoms with van der Waals surface area (Å²) in [4.78, 5) is 26.8. The van der Waals surface area contributed by atoms with Crippen LogP contribution in [0.3, 0.4) is 0 Å². The third-order valence-electron chi connectivity index (χ3n) is 9.73. The molecule has 3 saturated carbocycles. The molecule has 2 bridgehead atoms. The summed E-state index contributed by atoms with van der Waals surface area (Å²) in [6, 6.07) is 10.2. The molecule has 6 atom stereocenters. The minimum atomic E-state index is -0.553. The first kappa shape index (κ1) is 27.0. The molecule has 9 heteroatoms. The van der Waals surface area contributed by atoms with Crippen LogP contribution >= 0.6 is 0 Å². The Kier molecular flexibility index (Phi) is 7.49. The van der Waals surface area contributed by atoms with Gasteiger partial charge in [0.15, 0.2) is 0 Å². The molecule has 0 radical (unpaired) electrons. The number of rotatable bonds is 7. The summed E-state index contributed by atoms with van der Waals surface area (Å²) in [5.74, 6) is 0.590. The maximum absolute atomic E-state index is 13.0. The number of nitriles is 1. The first-order chi connectivity index (χ1) is 18.1. The largest absolute Gasteiger partial charge is 0.482 e. The maximum atomic E-state index is 13.0. The van der Waals surface area contributed by atoms with Crippen molar-refractivity contribution in [2.75, 3.05) is 19.7 Å². The minimum Gasteiger partial charge on any atom is -0.449 e. The number of piperidine rings is 1. The molecule has 5 fully saturated rings. The van der Waals surface area contributed by atoms with E-state index >= 15 is 0 Å². The smallest absolute Gasteiger partial charge is 0.449 e. The average molecular weight is 521 g/mol. The number of aryl methyl sites for hydroxylation is 1. The summed E-state index contributed by atoms with van der Waals surface area (Å²) < 4.78 is 18.9. The van der Waals surface area contributed by atoms with E-state index in [1.165, 1.54) is 12.0 Å². The van der Waals surface area contributed by atoms with Crippen LogP contribution in [0.2, 0.25) is 0 Å². The zero-order valence-electron chi connectivity index (χ0n) is 23.1. The van der Waals surface area contributed by atoms with Crippen LogP contribution in [0.1, 0.15) is 64.0 Å². The first-order valence-electron chi connectivity index (χ1n) is 14.1. The van der Waals surface area contributed by atoms with Gasteiger partial charge in [0.05, 0.1) is 30.3 Å². The van der Waals surface area contributed by atoms with Gasteiger partial charge in [-0.15, -0.1) is 0 Å². The van der Waals surface area contributed by atoms with Gasteiger partial charge in [-0.05, 0) is 68.8 Å². The third-order valence-corrected chi connectivity index (χ3v) is 9.73. The van der Waals surface area contributed by atoms with Crippen LogP contribution in [0.25, 0.3) is 0 Å². The molecular formula is C29H40BN3O5. The lowest BCUT2D eigenvalue weighted by molar-refractivity contribution is -0.199. The van der Waals surface area contributed by atoms with Gasteiger partial charge >= 0.3 is 13.2 Å². The van der Waals surface area contributed by atoms with Gasteiger partial charge in [0.1, 0.15) is 6.42 Å². The highest BCUT2D eigenvalue weighted by molar-refractivity contribution is 6.47. The van der Waals surface area contributed by atoms with E-state index in [0.29, 0.717) is 31.3 Å². The third kappa shape index (κ3) is 5.18. The van der Waals surface area contributed by atoms with Gasteiger partial charge < -0.3 is 24.3 Å². The van der Waals surface area contributed by atoms with Crippen molar-refractivity contribution >= 4 is 19.1 Å². The fourth-order valence-corrected chi connectivity index (χ4v) is 7.26. The van der Waals surface area contributed by atoms with Crippen molar-refractivity contribution in [3.05, 3.63) is 35.4 Å². The van der Waals surface area contributed by atoms with Gasteiger partial charge in [0, 0.05) is 19.0 Å². The molecule has 6 rings (SSSR count). The van der Waals surface area contributed by atoms with Crippen LogP contribution < -0.4 is 5.32 Å². The van der Waals surface area contributed by atoms with E-state index in [1.54, 1.807) is 4.90 Å². The fraction of sp³-hybridized carbons (Fsp3) is 0.690.